The van der Waals surface area contributed by atoms with Crippen molar-refractivity contribution in [3.05, 3.63) is 29.3 Å². The standard InChI is InChI=1S/C11H17NO2/c1-12-7-6-9-4-3-5-10(8-14-2)11(9)13/h3-5,12-13H,6-8H2,1-2H3. The Morgan fingerprint density at radius 2 is 2.07 bits per heavy atom. The Morgan fingerprint density at radius 1 is 1.36 bits per heavy atom. The highest BCUT2D eigenvalue weighted by Crippen LogP contribution is 2.23. The zero-order valence-corrected chi connectivity index (χ0v) is 8.71. The van der Waals surface area contributed by atoms with Gasteiger partial charge >= 0.3 is 0 Å². The Morgan fingerprint density at radius 3 is 2.71 bits per heavy atom. The lowest BCUT2D eigenvalue weighted by Crippen LogP contribution is -2.10. The third-order valence-corrected chi connectivity index (χ3v) is 2.15. The molecule has 0 aliphatic rings. The maximum Gasteiger partial charge on any atom is 0.124 e. The van der Waals surface area contributed by atoms with E-state index in [1.54, 1.807) is 7.11 Å². The topological polar surface area (TPSA) is 41.5 Å². The van der Waals surface area contributed by atoms with E-state index in [1.807, 2.05) is 25.2 Å². The van der Waals surface area contributed by atoms with E-state index < -0.39 is 0 Å². The minimum absolute atomic E-state index is 0.365. The summed E-state index contributed by atoms with van der Waals surface area (Å²) >= 11 is 0. The molecule has 3 heteroatoms. The second-order valence-corrected chi connectivity index (χ2v) is 3.21. The molecule has 0 saturated heterocycles. The molecule has 0 amide bonds. The zero-order chi connectivity index (χ0) is 10.4. The Labute approximate surface area is 84.7 Å². The molecule has 78 valence electrons. The molecule has 0 atom stereocenters. The number of likely N-dealkylation sites (N-methyl/N-ethyl adjacent to an activating group) is 1. The van der Waals surface area contributed by atoms with Gasteiger partial charge in [0.15, 0.2) is 0 Å². The number of rotatable bonds is 5. The first kappa shape index (κ1) is 11.0. The summed E-state index contributed by atoms with van der Waals surface area (Å²) in [6.07, 6.45) is 0.833. The van der Waals surface area contributed by atoms with Crippen LogP contribution in [0.3, 0.4) is 0 Å². The summed E-state index contributed by atoms with van der Waals surface area (Å²) in [5, 5.41) is 12.9. The first-order valence-electron chi connectivity index (χ1n) is 4.73. The molecule has 0 aliphatic carbocycles. The predicted molar refractivity (Wildman–Crippen MR) is 56.5 cm³/mol. The lowest BCUT2D eigenvalue weighted by Gasteiger charge is -2.08. The van der Waals surface area contributed by atoms with Gasteiger partial charge in [0.05, 0.1) is 6.61 Å². The molecule has 1 aromatic carbocycles. The van der Waals surface area contributed by atoms with Gasteiger partial charge in [-0.25, -0.2) is 0 Å². The molecule has 0 heterocycles. The molecule has 0 bridgehead atoms. The van der Waals surface area contributed by atoms with Gasteiger partial charge in [0, 0.05) is 12.7 Å². The summed E-state index contributed by atoms with van der Waals surface area (Å²) < 4.78 is 4.99. The lowest BCUT2D eigenvalue weighted by molar-refractivity contribution is 0.182. The summed E-state index contributed by atoms with van der Waals surface area (Å²) in [6, 6.07) is 5.76. The van der Waals surface area contributed by atoms with Gasteiger partial charge in [-0.3, -0.25) is 0 Å². The first-order chi connectivity index (χ1) is 6.79. The van der Waals surface area contributed by atoms with E-state index in [9.17, 15) is 5.11 Å². The van der Waals surface area contributed by atoms with Gasteiger partial charge in [0.2, 0.25) is 0 Å². The number of aromatic hydroxyl groups is 1. The Hall–Kier alpha value is -1.06. The van der Waals surface area contributed by atoms with E-state index in [1.165, 1.54) is 0 Å². The molecule has 1 aromatic rings. The highest BCUT2D eigenvalue weighted by atomic mass is 16.5. The summed E-state index contributed by atoms with van der Waals surface area (Å²) in [4.78, 5) is 0. The maximum atomic E-state index is 9.84. The monoisotopic (exact) mass is 195 g/mol. The third kappa shape index (κ3) is 2.72. The summed E-state index contributed by atoms with van der Waals surface area (Å²) in [6.45, 7) is 1.32. The quantitative estimate of drug-likeness (QED) is 0.744. The van der Waals surface area contributed by atoms with Crippen molar-refractivity contribution < 1.29 is 9.84 Å². The Kier molecular flexibility index (Phi) is 4.43. The Bertz CT molecular complexity index is 287. The van der Waals surface area contributed by atoms with E-state index >= 15 is 0 Å². The molecule has 0 saturated carbocycles. The maximum absolute atomic E-state index is 9.84. The normalized spacial score (nSPS) is 10.4. The fourth-order valence-electron chi connectivity index (χ4n) is 1.38. The van der Waals surface area contributed by atoms with Crippen molar-refractivity contribution in [2.45, 2.75) is 13.0 Å². The fourth-order valence-corrected chi connectivity index (χ4v) is 1.38. The highest BCUT2D eigenvalue weighted by Gasteiger charge is 2.05. The summed E-state index contributed by atoms with van der Waals surface area (Å²) in [5.74, 6) is 0.365. The third-order valence-electron chi connectivity index (χ3n) is 2.15. The van der Waals surface area contributed by atoms with Crippen molar-refractivity contribution in [3.63, 3.8) is 0 Å². The van der Waals surface area contributed by atoms with Gasteiger partial charge in [0.25, 0.3) is 0 Å². The molecule has 14 heavy (non-hydrogen) atoms. The minimum Gasteiger partial charge on any atom is -0.507 e. The van der Waals surface area contributed by atoms with Crippen molar-refractivity contribution in [1.29, 1.82) is 0 Å². The largest absolute Gasteiger partial charge is 0.507 e. The molecular formula is C11H17NO2. The van der Waals surface area contributed by atoms with Crippen LogP contribution < -0.4 is 5.32 Å². The number of phenolic OH excluding ortho intramolecular Hbond substituents is 1. The number of methoxy groups -OCH3 is 1. The van der Waals surface area contributed by atoms with Crippen molar-refractivity contribution in [2.75, 3.05) is 20.7 Å². The number of ether oxygens (including phenoxy) is 1. The van der Waals surface area contributed by atoms with E-state index in [0.717, 1.165) is 24.1 Å². The van der Waals surface area contributed by atoms with Gasteiger partial charge in [-0.1, -0.05) is 18.2 Å². The van der Waals surface area contributed by atoms with Crippen molar-refractivity contribution >= 4 is 0 Å². The van der Waals surface area contributed by atoms with Gasteiger partial charge < -0.3 is 15.2 Å². The van der Waals surface area contributed by atoms with Gasteiger partial charge in [-0.05, 0) is 25.6 Å². The molecule has 0 spiro atoms. The van der Waals surface area contributed by atoms with Crippen LogP contribution >= 0.6 is 0 Å². The molecule has 0 aliphatic heterocycles. The molecular weight excluding hydrogens is 178 g/mol. The smallest absolute Gasteiger partial charge is 0.124 e. The minimum atomic E-state index is 0.365. The van der Waals surface area contributed by atoms with E-state index in [2.05, 4.69) is 5.32 Å². The van der Waals surface area contributed by atoms with Crippen LogP contribution in [-0.2, 0) is 17.8 Å². The SMILES string of the molecule is CNCCc1cccc(COC)c1O. The predicted octanol–water partition coefficient (Wildman–Crippen LogP) is 1.30. The zero-order valence-electron chi connectivity index (χ0n) is 8.71. The molecule has 0 radical (unpaired) electrons. The number of nitrogens with one attached hydrogen (secondary N) is 1. The van der Waals surface area contributed by atoms with Crippen molar-refractivity contribution in [1.82, 2.24) is 5.32 Å². The van der Waals surface area contributed by atoms with Crippen LogP contribution in [-0.4, -0.2) is 25.8 Å². The van der Waals surface area contributed by atoms with Gasteiger partial charge in [-0.2, -0.15) is 0 Å². The fraction of sp³-hybridized carbons (Fsp3) is 0.455. The van der Waals surface area contributed by atoms with Crippen LogP contribution in [0.25, 0.3) is 0 Å². The molecule has 0 unspecified atom stereocenters. The van der Waals surface area contributed by atoms with Gasteiger partial charge in [0.1, 0.15) is 5.75 Å². The van der Waals surface area contributed by atoms with Crippen molar-refractivity contribution in [2.24, 2.45) is 0 Å². The second-order valence-electron chi connectivity index (χ2n) is 3.21. The van der Waals surface area contributed by atoms with Crippen LogP contribution in [0, 0.1) is 0 Å². The molecule has 2 N–H and O–H groups in total. The highest BCUT2D eigenvalue weighted by molar-refractivity contribution is 5.40. The first-order valence-corrected chi connectivity index (χ1v) is 4.73. The van der Waals surface area contributed by atoms with E-state index in [-0.39, 0.29) is 0 Å². The van der Waals surface area contributed by atoms with Crippen LogP contribution in [0.15, 0.2) is 18.2 Å². The van der Waals surface area contributed by atoms with Crippen LogP contribution in [0.2, 0.25) is 0 Å². The average molecular weight is 195 g/mol. The van der Waals surface area contributed by atoms with Crippen molar-refractivity contribution in [3.8, 4) is 5.75 Å². The van der Waals surface area contributed by atoms with Gasteiger partial charge in [-0.15, -0.1) is 0 Å². The second kappa shape index (κ2) is 5.62. The number of benzene rings is 1. The van der Waals surface area contributed by atoms with Crippen LogP contribution in [0.5, 0.6) is 5.75 Å². The molecule has 0 aromatic heterocycles. The van der Waals surface area contributed by atoms with Crippen LogP contribution in [0.4, 0.5) is 0 Å². The van der Waals surface area contributed by atoms with E-state index in [4.69, 9.17) is 4.74 Å². The summed E-state index contributed by atoms with van der Waals surface area (Å²) in [5.41, 5.74) is 1.81. The lowest BCUT2D eigenvalue weighted by atomic mass is 10.1. The van der Waals surface area contributed by atoms with E-state index in [0.29, 0.717) is 12.4 Å². The molecule has 0 fully saturated rings. The Balaban J connectivity index is 2.78. The number of hydrogen-bond acceptors (Lipinski definition) is 3. The number of phenols is 1. The number of hydrogen-bond donors (Lipinski definition) is 2. The average Bonchev–Trinajstić information content (AvgIpc) is 2.20. The summed E-state index contributed by atoms with van der Waals surface area (Å²) in [7, 11) is 3.52. The molecule has 1 rings (SSSR count). The van der Waals surface area contributed by atoms with Crippen LogP contribution in [0.1, 0.15) is 11.1 Å². The molecule has 3 nitrogen and oxygen atoms in total. The number of para-hydroxylation sites is 1.